The van der Waals surface area contributed by atoms with Crippen LogP contribution >= 0.6 is 15.9 Å². The van der Waals surface area contributed by atoms with Crippen molar-refractivity contribution in [2.45, 2.75) is 6.42 Å². The van der Waals surface area contributed by atoms with Crippen molar-refractivity contribution in [3.63, 3.8) is 0 Å². The normalized spacial score (nSPS) is 10.2. The SMILES string of the molecule is CN(CCCNc1ncc(Br)cn1)c1ccccc1. The number of anilines is 2. The number of rotatable bonds is 6. The second-order valence-electron chi connectivity index (χ2n) is 4.26. The van der Waals surface area contributed by atoms with E-state index in [0.29, 0.717) is 5.95 Å². The summed E-state index contributed by atoms with van der Waals surface area (Å²) in [6, 6.07) is 10.4. The van der Waals surface area contributed by atoms with E-state index >= 15 is 0 Å². The van der Waals surface area contributed by atoms with Crippen LogP contribution in [0.1, 0.15) is 6.42 Å². The van der Waals surface area contributed by atoms with Crippen molar-refractivity contribution in [1.82, 2.24) is 9.97 Å². The lowest BCUT2D eigenvalue weighted by Crippen LogP contribution is -2.21. The molecule has 2 aromatic rings. The van der Waals surface area contributed by atoms with Crippen molar-refractivity contribution < 1.29 is 0 Å². The van der Waals surface area contributed by atoms with E-state index in [1.807, 2.05) is 6.07 Å². The lowest BCUT2D eigenvalue weighted by atomic mass is 10.3. The maximum absolute atomic E-state index is 4.17. The zero-order valence-corrected chi connectivity index (χ0v) is 12.5. The molecular formula is C14H17BrN4. The minimum Gasteiger partial charge on any atom is -0.375 e. The number of hydrogen-bond donors (Lipinski definition) is 1. The molecule has 100 valence electrons. The Balaban J connectivity index is 1.71. The van der Waals surface area contributed by atoms with Crippen LogP contribution in [0.15, 0.2) is 47.2 Å². The molecule has 1 N–H and O–H groups in total. The van der Waals surface area contributed by atoms with Crippen molar-refractivity contribution in [3.05, 3.63) is 47.2 Å². The van der Waals surface area contributed by atoms with Gasteiger partial charge in [-0.05, 0) is 34.5 Å². The Bertz CT molecular complexity index is 487. The molecule has 0 saturated heterocycles. The van der Waals surface area contributed by atoms with Crippen molar-refractivity contribution >= 4 is 27.6 Å². The molecule has 0 aliphatic heterocycles. The number of aromatic nitrogens is 2. The molecule has 0 amide bonds. The summed E-state index contributed by atoms with van der Waals surface area (Å²) in [4.78, 5) is 10.6. The second-order valence-corrected chi connectivity index (χ2v) is 5.18. The lowest BCUT2D eigenvalue weighted by Gasteiger charge is -2.19. The van der Waals surface area contributed by atoms with Crippen LogP contribution in [0.3, 0.4) is 0 Å². The van der Waals surface area contributed by atoms with Gasteiger partial charge in [0.2, 0.25) is 5.95 Å². The Morgan fingerprint density at radius 2 is 1.84 bits per heavy atom. The third-order valence-electron chi connectivity index (χ3n) is 2.77. The summed E-state index contributed by atoms with van der Waals surface area (Å²) in [5, 5.41) is 3.21. The number of hydrogen-bond acceptors (Lipinski definition) is 4. The van der Waals surface area contributed by atoms with Crippen molar-refractivity contribution in [2.24, 2.45) is 0 Å². The molecule has 2 rings (SSSR count). The molecule has 0 fully saturated rings. The van der Waals surface area contributed by atoms with Crippen LogP contribution in [-0.2, 0) is 0 Å². The maximum atomic E-state index is 4.17. The molecule has 0 aliphatic rings. The Morgan fingerprint density at radius 1 is 1.16 bits per heavy atom. The van der Waals surface area contributed by atoms with Crippen molar-refractivity contribution in [3.8, 4) is 0 Å². The number of nitrogens with one attached hydrogen (secondary N) is 1. The topological polar surface area (TPSA) is 41.0 Å². The summed E-state index contributed by atoms with van der Waals surface area (Å²) in [5.41, 5.74) is 1.24. The van der Waals surface area contributed by atoms with Gasteiger partial charge in [0.1, 0.15) is 0 Å². The first-order chi connectivity index (χ1) is 9.25. The van der Waals surface area contributed by atoms with Crippen LogP contribution in [0.4, 0.5) is 11.6 Å². The molecule has 5 heteroatoms. The molecule has 1 aromatic heterocycles. The molecule has 0 unspecified atom stereocenters. The number of benzene rings is 1. The Kier molecular flexibility index (Phi) is 5.15. The fraction of sp³-hybridized carbons (Fsp3) is 0.286. The number of nitrogens with zero attached hydrogens (tertiary/aromatic N) is 3. The minimum atomic E-state index is 0.672. The Labute approximate surface area is 122 Å². The predicted molar refractivity (Wildman–Crippen MR) is 82.6 cm³/mol. The average Bonchev–Trinajstić information content (AvgIpc) is 2.46. The predicted octanol–water partition coefficient (Wildman–Crippen LogP) is 3.18. The van der Waals surface area contributed by atoms with Gasteiger partial charge >= 0.3 is 0 Å². The summed E-state index contributed by atoms with van der Waals surface area (Å²) in [7, 11) is 2.10. The van der Waals surface area contributed by atoms with Gasteiger partial charge in [-0.2, -0.15) is 0 Å². The van der Waals surface area contributed by atoms with Gasteiger partial charge < -0.3 is 10.2 Å². The van der Waals surface area contributed by atoms with E-state index in [1.54, 1.807) is 12.4 Å². The van der Waals surface area contributed by atoms with E-state index in [2.05, 4.69) is 67.4 Å². The molecule has 0 radical (unpaired) electrons. The molecule has 0 aliphatic carbocycles. The smallest absolute Gasteiger partial charge is 0.222 e. The molecule has 1 aromatic carbocycles. The highest BCUT2D eigenvalue weighted by Gasteiger charge is 2.00. The standard InChI is InChI=1S/C14H17BrN4/c1-19(13-6-3-2-4-7-13)9-5-8-16-14-17-10-12(15)11-18-14/h2-4,6-7,10-11H,5,8-9H2,1H3,(H,16,17,18). The maximum Gasteiger partial charge on any atom is 0.222 e. The third-order valence-corrected chi connectivity index (χ3v) is 3.18. The van der Waals surface area contributed by atoms with E-state index < -0.39 is 0 Å². The van der Waals surface area contributed by atoms with Gasteiger partial charge in [0.25, 0.3) is 0 Å². The highest BCUT2D eigenvalue weighted by Crippen LogP contribution is 2.11. The van der Waals surface area contributed by atoms with E-state index in [9.17, 15) is 0 Å². The first-order valence-electron chi connectivity index (χ1n) is 6.23. The van der Waals surface area contributed by atoms with Crippen LogP contribution in [0.2, 0.25) is 0 Å². The zero-order valence-electron chi connectivity index (χ0n) is 10.9. The van der Waals surface area contributed by atoms with E-state index in [0.717, 1.165) is 24.0 Å². The van der Waals surface area contributed by atoms with Crippen LogP contribution < -0.4 is 10.2 Å². The molecule has 19 heavy (non-hydrogen) atoms. The van der Waals surface area contributed by atoms with E-state index in [-0.39, 0.29) is 0 Å². The summed E-state index contributed by atoms with van der Waals surface area (Å²) in [6.45, 7) is 1.85. The summed E-state index contributed by atoms with van der Waals surface area (Å²) >= 11 is 3.31. The summed E-state index contributed by atoms with van der Waals surface area (Å²) < 4.78 is 0.891. The molecular weight excluding hydrogens is 304 g/mol. The van der Waals surface area contributed by atoms with Gasteiger partial charge in [-0.1, -0.05) is 18.2 Å². The highest BCUT2D eigenvalue weighted by atomic mass is 79.9. The van der Waals surface area contributed by atoms with Gasteiger partial charge in [0.15, 0.2) is 0 Å². The zero-order chi connectivity index (χ0) is 13.5. The molecule has 1 heterocycles. The number of para-hydroxylation sites is 1. The number of halogens is 1. The van der Waals surface area contributed by atoms with Gasteiger partial charge in [-0.15, -0.1) is 0 Å². The van der Waals surface area contributed by atoms with E-state index in [1.165, 1.54) is 5.69 Å². The van der Waals surface area contributed by atoms with Crippen LogP contribution in [0.25, 0.3) is 0 Å². The molecule has 0 spiro atoms. The van der Waals surface area contributed by atoms with Crippen LogP contribution in [0.5, 0.6) is 0 Å². The van der Waals surface area contributed by atoms with Crippen molar-refractivity contribution in [1.29, 1.82) is 0 Å². The summed E-state index contributed by atoms with van der Waals surface area (Å²) in [5.74, 6) is 0.672. The van der Waals surface area contributed by atoms with Gasteiger partial charge in [0.05, 0.1) is 4.47 Å². The lowest BCUT2D eigenvalue weighted by molar-refractivity contribution is 0.811. The molecule has 0 saturated carbocycles. The van der Waals surface area contributed by atoms with E-state index in [4.69, 9.17) is 0 Å². The summed E-state index contributed by atoms with van der Waals surface area (Å²) in [6.07, 6.45) is 4.52. The first-order valence-corrected chi connectivity index (χ1v) is 7.02. The first kappa shape index (κ1) is 13.8. The monoisotopic (exact) mass is 320 g/mol. The molecule has 0 bridgehead atoms. The van der Waals surface area contributed by atoms with Crippen LogP contribution in [0, 0.1) is 0 Å². The largest absolute Gasteiger partial charge is 0.375 e. The van der Waals surface area contributed by atoms with Gasteiger partial charge in [-0.3, -0.25) is 0 Å². The van der Waals surface area contributed by atoms with Crippen LogP contribution in [-0.4, -0.2) is 30.1 Å². The van der Waals surface area contributed by atoms with Gasteiger partial charge in [-0.25, -0.2) is 9.97 Å². The minimum absolute atomic E-state index is 0.672. The Hall–Kier alpha value is -1.62. The molecule has 0 atom stereocenters. The quantitative estimate of drug-likeness (QED) is 0.830. The fourth-order valence-corrected chi connectivity index (χ4v) is 1.94. The Morgan fingerprint density at radius 3 is 2.53 bits per heavy atom. The van der Waals surface area contributed by atoms with Crippen molar-refractivity contribution in [2.75, 3.05) is 30.4 Å². The average molecular weight is 321 g/mol. The second kappa shape index (κ2) is 7.09. The molecule has 4 nitrogen and oxygen atoms in total. The van der Waals surface area contributed by atoms with Gasteiger partial charge in [0, 0.05) is 38.2 Å². The third kappa shape index (κ3) is 4.52. The fourth-order valence-electron chi connectivity index (χ4n) is 1.73. The highest BCUT2D eigenvalue weighted by molar-refractivity contribution is 9.10.